The summed E-state index contributed by atoms with van der Waals surface area (Å²) in [5.74, 6) is -0.538. The Labute approximate surface area is 107 Å². The SMILES string of the molecule is COC(=O)[C@H]1C[C@@H](O)[C@@H](C)N1C(=O)OC(C)(C)C. The molecule has 1 aliphatic heterocycles. The molecular formula is C12H21NO5. The van der Waals surface area contributed by atoms with Gasteiger partial charge < -0.3 is 14.6 Å². The molecule has 0 spiro atoms. The lowest BCUT2D eigenvalue weighted by molar-refractivity contribution is -0.146. The Morgan fingerprint density at radius 2 is 1.89 bits per heavy atom. The van der Waals surface area contributed by atoms with Gasteiger partial charge in [-0.05, 0) is 27.7 Å². The van der Waals surface area contributed by atoms with Gasteiger partial charge in [-0.25, -0.2) is 9.59 Å². The predicted molar refractivity (Wildman–Crippen MR) is 64.0 cm³/mol. The van der Waals surface area contributed by atoms with Crippen molar-refractivity contribution in [1.29, 1.82) is 0 Å². The number of carbonyl (C=O) groups excluding carboxylic acids is 2. The molecule has 1 aliphatic rings. The largest absolute Gasteiger partial charge is 0.467 e. The summed E-state index contributed by atoms with van der Waals surface area (Å²) in [6, 6.07) is -1.25. The number of methoxy groups -OCH3 is 1. The summed E-state index contributed by atoms with van der Waals surface area (Å²) in [4.78, 5) is 24.9. The van der Waals surface area contributed by atoms with Gasteiger partial charge in [0.05, 0.1) is 19.3 Å². The molecule has 6 nitrogen and oxygen atoms in total. The van der Waals surface area contributed by atoms with Crippen LogP contribution < -0.4 is 0 Å². The van der Waals surface area contributed by atoms with Gasteiger partial charge in [-0.1, -0.05) is 0 Å². The van der Waals surface area contributed by atoms with Crippen LogP contribution in [0.3, 0.4) is 0 Å². The molecule has 104 valence electrons. The summed E-state index contributed by atoms with van der Waals surface area (Å²) in [6.07, 6.45) is -1.18. The number of nitrogens with zero attached hydrogens (tertiary/aromatic N) is 1. The molecule has 0 bridgehead atoms. The van der Waals surface area contributed by atoms with Crippen molar-refractivity contribution in [1.82, 2.24) is 4.90 Å². The van der Waals surface area contributed by atoms with Crippen LogP contribution >= 0.6 is 0 Å². The highest BCUT2D eigenvalue weighted by Crippen LogP contribution is 2.27. The Morgan fingerprint density at radius 1 is 1.33 bits per heavy atom. The monoisotopic (exact) mass is 259 g/mol. The Morgan fingerprint density at radius 3 is 2.33 bits per heavy atom. The van der Waals surface area contributed by atoms with Crippen LogP contribution in [0.5, 0.6) is 0 Å². The van der Waals surface area contributed by atoms with Gasteiger partial charge in [0.25, 0.3) is 0 Å². The molecule has 1 heterocycles. The lowest BCUT2D eigenvalue weighted by Crippen LogP contribution is -2.47. The Balaban J connectivity index is 2.88. The van der Waals surface area contributed by atoms with Crippen LogP contribution in [0.4, 0.5) is 4.79 Å². The number of aliphatic hydroxyl groups excluding tert-OH is 1. The second-order valence-electron chi connectivity index (χ2n) is 5.47. The summed E-state index contributed by atoms with van der Waals surface area (Å²) in [5, 5.41) is 9.77. The predicted octanol–water partition coefficient (Wildman–Crippen LogP) is 0.918. The minimum absolute atomic E-state index is 0.174. The molecule has 0 aliphatic carbocycles. The summed E-state index contributed by atoms with van der Waals surface area (Å²) >= 11 is 0. The quantitative estimate of drug-likeness (QED) is 0.709. The fourth-order valence-corrected chi connectivity index (χ4v) is 1.96. The van der Waals surface area contributed by atoms with Crippen molar-refractivity contribution < 1.29 is 24.2 Å². The molecule has 1 N–H and O–H groups in total. The van der Waals surface area contributed by atoms with E-state index >= 15 is 0 Å². The van der Waals surface area contributed by atoms with Gasteiger partial charge in [-0.3, -0.25) is 4.90 Å². The topological polar surface area (TPSA) is 76.1 Å². The third-order valence-electron chi connectivity index (χ3n) is 2.87. The number of carbonyl (C=O) groups is 2. The standard InChI is InChI=1S/C12H21NO5/c1-7-9(14)6-8(10(15)17-5)13(7)11(16)18-12(2,3)4/h7-9,14H,6H2,1-5H3/t7-,8-,9-/m1/s1. The first-order valence-electron chi connectivity index (χ1n) is 5.94. The molecule has 0 saturated carbocycles. The van der Waals surface area contributed by atoms with E-state index in [9.17, 15) is 14.7 Å². The average molecular weight is 259 g/mol. The fraction of sp³-hybridized carbons (Fsp3) is 0.833. The van der Waals surface area contributed by atoms with Crippen molar-refractivity contribution in [2.75, 3.05) is 7.11 Å². The smallest absolute Gasteiger partial charge is 0.411 e. The van der Waals surface area contributed by atoms with E-state index in [1.165, 1.54) is 12.0 Å². The zero-order valence-electron chi connectivity index (χ0n) is 11.5. The first-order chi connectivity index (χ1) is 8.17. The van der Waals surface area contributed by atoms with Crippen LogP contribution in [0.2, 0.25) is 0 Å². The van der Waals surface area contributed by atoms with E-state index in [1.807, 2.05) is 0 Å². The van der Waals surface area contributed by atoms with Crippen molar-refractivity contribution in [3.63, 3.8) is 0 Å². The van der Waals surface area contributed by atoms with Crippen molar-refractivity contribution >= 4 is 12.1 Å². The number of ether oxygens (including phenoxy) is 2. The van der Waals surface area contributed by atoms with E-state index in [-0.39, 0.29) is 6.42 Å². The molecule has 0 aromatic heterocycles. The molecule has 0 aromatic rings. The number of esters is 1. The highest BCUT2D eigenvalue weighted by Gasteiger charge is 2.46. The van der Waals surface area contributed by atoms with Gasteiger partial charge in [0.2, 0.25) is 0 Å². The van der Waals surface area contributed by atoms with Gasteiger partial charge in [-0.2, -0.15) is 0 Å². The second-order valence-corrected chi connectivity index (χ2v) is 5.47. The average Bonchev–Trinajstić information content (AvgIpc) is 2.52. The second kappa shape index (κ2) is 5.14. The maximum Gasteiger partial charge on any atom is 0.411 e. The number of hydrogen-bond donors (Lipinski definition) is 1. The molecule has 0 unspecified atom stereocenters. The van der Waals surface area contributed by atoms with E-state index in [0.717, 1.165) is 0 Å². The minimum atomic E-state index is -0.783. The molecule has 18 heavy (non-hydrogen) atoms. The van der Waals surface area contributed by atoms with Crippen LogP contribution in [0.1, 0.15) is 34.1 Å². The highest BCUT2D eigenvalue weighted by molar-refractivity contribution is 5.82. The van der Waals surface area contributed by atoms with E-state index in [4.69, 9.17) is 4.74 Å². The first-order valence-corrected chi connectivity index (χ1v) is 5.94. The zero-order chi connectivity index (χ0) is 14.1. The normalized spacial score (nSPS) is 28.1. The van der Waals surface area contributed by atoms with Crippen LogP contribution in [-0.2, 0) is 14.3 Å². The van der Waals surface area contributed by atoms with Gasteiger partial charge in [0, 0.05) is 6.42 Å². The van der Waals surface area contributed by atoms with E-state index in [0.29, 0.717) is 0 Å². The molecule has 1 rings (SSSR count). The summed E-state index contributed by atoms with van der Waals surface area (Å²) in [6.45, 7) is 6.91. The first kappa shape index (κ1) is 14.8. The fourth-order valence-electron chi connectivity index (χ4n) is 1.96. The number of hydrogen-bond acceptors (Lipinski definition) is 5. The van der Waals surface area contributed by atoms with Crippen LogP contribution in [0.15, 0.2) is 0 Å². The molecule has 1 saturated heterocycles. The van der Waals surface area contributed by atoms with Crippen LogP contribution in [-0.4, -0.2) is 53.0 Å². The summed E-state index contributed by atoms with van der Waals surface area (Å²) in [7, 11) is 1.25. The molecule has 0 radical (unpaired) electrons. The van der Waals surface area contributed by atoms with E-state index < -0.39 is 35.9 Å². The van der Waals surface area contributed by atoms with Crippen LogP contribution in [0.25, 0.3) is 0 Å². The van der Waals surface area contributed by atoms with E-state index in [1.54, 1.807) is 27.7 Å². The van der Waals surface area contributed by atoms with Crippen molar-refractivity contribution in [2.24, 2.45) is 0 Å². The molecule has 3 atom stereocenters. The molecule has 0 aromatic carbocycles. The summed E-state index contributed by atoms with van der Waals surface area (Å²) < 4.78 is 9.88. The Bertz CT molecular complexity index is 336. The molecule has 1 amide bonds. The van der Waals surface area contributed by atoms with E-state index in [2.05, 4.69) is 4.74 Å². The number of likely N-dealkylation sites (tertiary alicyclic amines) is 1. The lowest BCUT2D eigenvalue weighted by atomic mass is 10.1. The van der Waals surface area contributed by atoms with Crippen LogP contribution in [0, 0.1) is 0 Å². The van der Waals surface area contributed by atoms with Gasteiger partial charge in [-0.15, -0.1) is 0 Å². The molecular weight excluding hydrogens is 238 g/mol. The van der Waals surface area contributed by atoms with Gasteiger partial charge in [0.1, 0.15) is 11.6 Å². The number of amides is 1. The summed E-state index contributed by atoms with van der Waals surface area (Å²) in [5.41, 5.74) is -0.648. The molecule has 1 fully saturated rings. The minimum Gasteiger partial charge on any atom is -0.467 e. The van der Waals surface area contributed by atoms with Gasteiger partial charge in [0.15, 0.2) is 0 Å². The maximum absolute atomic E-state index is 12.0. The maximum atomic E-state index is 12.0. The number of rotatable bonds is 1. The van der Waals surface area contributed by atoms with Gasteiger partial charge >= 0.3 is 12.1 Å². The van der Waals surface area contributed by atoms with Crippen molar-refractivity contribution in [3.05, 3.63) is 0 Å². The third kappa shape index (κ3) is 3.13. The Hall–Kier alpha value is -1.30. The lowest BCUT2D eigenvalue weighted by Gasteiger charge is -2.30. The van der Waals surface area contributed by atoms with Crippen molar-refractivity contribution in [3.8, 4) is 0 Å². The molecule has 6 heteroatoms. The zero-order valence-corrected chi connectivity index (χ0v) is 11.5. The number of aliphatic hydroxyl groups is 1. The third-order valence-corrected chi connectivity index (χ3v) is 2.87. The van der Waals surface area contributed by atoms with Crippen molar-refractivity contribution in [2.45, 2.75) is 57.9 Å². The Kier molecular flexibility index (Phi) is 4.21. The highest BCUT2D eigenvalue weighted by atomic mass is 16.6.